The third-order valence-electron chi connectivity index (χ3n) is 1.83. The second-order valence-electron chi connectivity index (χ2n) is 3.23. The largest absolute Gasteiger partial charge is 1.00 e. The van der Waals surface area contributed by atoms with Gasteiger partial charge in [0, 0.05) is 0 Å². The van der Waals surface area contributed by atoms with Gasteiger partial charge in [-0.2, -0.15) is 3.63 Å². The van der Waals surface area contributed by atoms with Crippen molar-refractivity contribution in [2.45, 2.75) is 0 Å². The van der Waals surface area contributed by atoms with Crippen LogP contribution in [0.5, 0.6) is 0 Å². The molecule has 11 heteroatoms. The molecular weight excluding hydrogens is 342 g/mol. The van der Waals surface area contributed by atoms with Crippen molar-refractivity contribution in [2.24, 2.45) is 0 Å². The maximum atomic E-state index is 9.29. The smallest absolute Gasteiger partial charge is 0.725 e. The molecule has 0 bridgehead atoms. The van der Waals surface area contributed by atoms with E-state index < -0.39 is 20.8 Å². The zero-order valence-corrected chi connectivity index (χ0v) is 16.9. The normalized spacial score (nSPS) is 10.6. The molecule has 0 aliphatic carbocycles. The summed E-state index contributed by atoms with van der Waals surface area (Å²) in [5, 5.41) is 2.62. The summed E-state index contributed by atoms with van der Waals surface area (Å²) in [5.41, 5.74) is 0. The summed E-state index contributed by atoms with van der Waals surface area (Å²) in [4.78, 5) is 0. The Morgan fingerprint density at radius 2 is 0.905 bits per heavy atom. The van der Waals surface area contributed by atoms with Crippen LogP contribution in [0, 0.1) is 0 Å². The molecule has 0 aliphatic rings. The second kappa shape index (κ2) is 10.3. The minimum absolute atomic E-state index is 0. The zero-order valence-electron chi connectivity index (χ0n) is 11.3. The van der Waals surface area contributed by atoms with Gasteiger partial charge in [0.15, 0.2) is 0 Å². The van der Waals surface area contributed by atoms with E-state index in [0.29, 0.717) is 0 Å². The first-order valence-corrected chi connectivity index (χ1v) is 7.40. The maximum Gasteiger partial charge on any atom is 1.00 e. The van der Waals surface area contributed by atoms with Gasteiger partial charge in [-0.15, -0.1) is 0 Å². The molecule has 0 saturated carbocycles. The standard InChI is InChI=1S/C10H8.2Na.H2O7S2/c1-2-6-10-8-4-3-7-9(10)5-1;;;1-8(2,3)7-9(4,5)6/h1-8H;;;(H,1,2,3)(H,4,5,6)/q;2*+1;/p-2. The fraction of sp³-hybridized carbons (Fsp3) is 0. The molecule has 0 N–H and O–H groups in total. The van der Waals surface area contributed by atoms with Crippen molar-refractivity contribution in [3.8, 4) is 0 Å². The van der Waals surface area contributed by atoms with E-state index in [9.17, 15) is 25.9 Å². The quantitative estimate of drug-likeness (QED) is 0.301. The fourth-order valence-corrected chi connectivity index (χ4v) is 2.05. The number of hydrogen-bond acceptors (Lipinski definition) is 7. The molecule has 0 atom stereocenters. The van der Waals surface area contributed by atoms with E-state index in [1.807, 2.05) is 0 Å². The Hall–Kier alpha value is 0.480. The van der Waals surface area contributed by atoms with E-state index in [0.717, 1.165) is 0 Å². The first-order chi connectivity index (χ1) is 8.67. The topological polar surface area (TPSA) is 124 Å². The van der Waals surface area contributed by atoms with Crippen LogP contribution in [0.2, 0.25) is 0 Å². The summed E-state index contributed by atoms with van der Waals surface area (Å²) in [5.74, 6) is 0. The fourth-order valence-electron chi connectivity index (χ4n) is 1.23. The Morgan fingerprint density at radius 3 is 1.05 bits per heavy atom. The Kier molecular flexibility index (Phi) is 11.6. The minimum atomic E-state index is -5.43. The van der Waals surface area contributed by atoms with Gasteiger partial charge in [-0.1, -0.05) is 48.5 Å². The van der Waals surface area contributed by atoms with Crippen molar-refractivity contribution in [3.63, 3.8) is 0 Å². The number of hydrogen-bond donors (Lipinski definition) is 0. The summed E-state index contributed by atoms with van der Waals surface area (Å²) in [6, 6.07) is 16.7. The molecule has 2 aromatic carbocycles. The third-order valence-corrected chi connectivity index (χ3v) is 3.16. The molecule has 0 unspecified atom stereocenters. The molecule has 2 aromatic rings. The summed E-state index contributed by atoms with van der Waals surface area (Å²) >= 11 is 0. The van der Waals surface area contributed by atoms with E-state index >= 15 is 0 Å². The van der Waals surface area contributed by atoms with Crippen molar-refractivity contribution in [1.82, 2.24) is 0 Å². The van der Waals surface area contributed by atoms with E-state index in [4.69, 9.17) is 0 Å². The van der Waals surface area contributed by atoms with Crippen molar-refractivity contribution in [1.29, 1.82) is 0 Å². The molecule has 0 spiro atoms. The number of fused-ring (bicyclic) bond motifs is 1. The van der Waals surface area contributed by atoms with Gasteiger partial charge in [0.25, 0.3) is 0 Å². The van der Waals surface area contributed by atoms with E-state index in [1.54, 1.807) is 0 Å². The van der Waals surface area contributed by atoms with Crippen molar-refractivity contribution >= 4 is 31.6 Å². The predicted molar refractivity (Wildman–Crippen MR) is 64.4 cm³/mol. The first-order valence-electron chi connectivity index (χ1n) is 4.74. The van der Waals surface area contributed by atoms with Crippen LogP contribution in [-0.2, 0) is 24.4 Å². The van der Waals surface area contributed by atoms with Gasteiger partial charge in [-0.3, -0.25) is 0 Å². The van der Waals surface area contributed by atoms with E-state index in [2.05, 4.69) is 52.2 Å². The van der Waals surface area contributed by atoms with Crippen LogP contribution in [0.15, 0.2) is 48.5 Å². The van der Waals surface area contributed by atoms with Gasteiger partial charge < -0.3 is 9.11 Å². The van der Waals surface area contributed by atoms with Crippen LogP contribution in [-0.4, -0.2) is 25.9 Å². The molecule has 0 saturated heterocycles. The SMILES string of the molecule is O=S(=O)([O-])OS(=O)(=O)[O-].[Na+].[Na+].c1ccc2ccccc2c1. The van der Waals surface area contributed by atoms with Gasteiger partial charge in [0.1, 0.15) is 0 Å². The van der Waals surface area contributed by atoms with E-state index in [1.165, 1.54) is 10.8 Å². The van der Waals surface area contributed by atoms with Crippen LogP contribution in [0.25, 0.3) is 10.8 Å². The molecule has 0 aromatic heterocycles. The van der Waals surface area contributed by atoms with Gasteiger partial charge in [-0.25, -0.2) is 16.8 Å². The average Bonchev–Trinajstić information content (AvgIpc) is 2.25. The molecule has 2 rings (SSSR count). The van der Waals surface area contributed by atoms with Crippen LogP contribution in [0.4, 0.5) is 0 Å². The molecule has 0 heterocycles. The molecular formula is C10H8Na2O7S2. The van der Waals surface area contributed by atoms with Crippen LogP contribution in [0.3, 0.4) is 0 Å². The summed E-state index contributed by atoms with van der Waals surface area (Å²) in [6.45, 7) is 0. The summed E-state index contributed by atoms with van der Waals surface area (Å²) < 4.78 is 58.2. The molecule has 104 valence electrons. The summed E-state index contributed by atoms with van der Waals surface area (Å²) in [6.07, 6.45) is 0. The monoisotopic (exact) mass is 350 g/mol. The molecule has 7 nitrogen and oxygen atoms in total. The molecule has 21 heavy (non-hydrogen) atoms. The third kappa shape index (κ3) is 11.7. The Labute approximate surface area is 167 Å². The number of benzene rings is 2. The van der Waals surface area contributed by atoms with Crippen molar-refractivity contribution in [3.05, 3.63) is 48.5 Å². The first kappa shape index (κ1) is 23.7. The van der Waals surface area contributed by atoms with Gasteiger partial charge in [0.2, 0.25) is 20.8 Å². The van der Waals surface area contributed by atoms with Gasteiger partial charge >= 0.3 is 59.1 Å². The van der Waals surface area contributed by atoms with Crippen molar-refractivity contribution < 1.29 is 88.7 Å². The minimum Gasteiger partial charge on any atom is -0.725 e. The Bertz CT molecular complexity index is 664. The summed E-state index contributed by atoms with van der Waals surface area (Å²) in [7, 11) is -10.9. The van der Waals surface area contributed by atoms with E-state index in [-0.39, 0.29) is 59.1 Å². The average molecular weight is 350 g/mol. The van der Waals surface area contributed by atoms with Crippen molar-refractivity contribution in [2.75, 3.05) is 0 Å². The Balaban J connectivity index is 0. The molecule has 0 aliphatic heterocycles. The molecule has 0 amide bonds. The van der Waals surface area contributed by atoms with Crippen LogP contribution >= 0.6 is 0 Å². The van der Waals surface area contributed by atoms with Crippen LogP contribution < -0.4 is 59.1 Å². The van der Waals surface area contributed by atoms with Gasteiger partial charge in [-0.05, 0) is 10.8 Å². The van der Waals surface area contributed by atoms with Gasteiger partial charge in [0.05, 0.1) is 0 Å². The molecule has 0 radical (unpaired) electrons. The number of rotatable bonds is 2. The van der Waals surface area contributed by atoms with Crippen LogP contribution in [0.1, 0.15) is 0 Å². The second-order valence-corrected chi connectivity index (χ2v) is 5.41. The molecule has 0 fully saturated rings. The Morgan fingerprint density at radius 1 is 0.667 bits per heavy atom. The zero-order chi connectivity index (χ0) is 14.5. The maximum absolute atomic E-state index is 9.29. The predicted octanol–water partition coefficient (Wildman–Crippen LogP) is -5.23.